The molecule has 0 spiro atoms. The smallest absolute Gasteiger partial charge is 0.243 e. The van der Waals surface area contributed by atoms with Crippen molar-refractivity contribution in [2.75, 3.05) is 26.2 Å². The highest BCUT2D eigenvalue weighted by atomic mass is 32.2. The topological polar surface area (TPSA) is 96.6 Å². The highest BCUT2D eigenvalue weighted by molar-refractivity contribution is 7.89. The van der Waals surface area contributed by atoms with Gasteiger partial charge in [0.15, 0.2) is 11.6 Å². The molecule has 1 atom stereocenters. The van der Waals surface area contributed by atoms with Crippen molar-refractivity contribution in [3.05, 3.63) is 41.5 Å². The monoisotopic (exact) mass is 420 g/mol. The lowest BCUT2D eigenvalue weighted by Crippen LogP contribution is -2.49. The molecule has 1 aromatic heterocycles. The molecule has 1 aliphatic rings. The predicted octanol–water partition coefficient (Wildman–Crippen LogP) is 2.64. The molecule has 1 saturated heterocycles. The first-order chi connectivity index (χ1) is 13.5. The van der Waals surface area contributed by atoms with E-state index in [1.54, 1.807) is 12.1 Å². The third-order valence-electron chi connectivity index (χ3n) is 5.17. The van der Waals surface area contributed by atoms with Crippen molar-refractivity contribution < 1.29 is 17.7 Å². The van der Waals surface area contributed by atoms with E-state index in [-0.39, 0.29) is 22.1 Å². The van der Waals surface area contributed by atoms with Crippen molar-refractivity contribution in [3.63, 3.8) is 0 Å². The summed E-state index contributed by atoms with van der Waals surface area (Å²) >= 11 is 0. The molecular formula is C20H28N4O4S. The van der Waals surface area contributed by atoms with Gasteiger partial charge in [0, 0.05) is 37.2 Å². The van der Waals surface area contributed by atoms with Crippen molar-refractivity contribution in [3.8, 4) is 0 Å². The minimum Gasteiger partial charge on any atom is -0.338 e. The van der Waals surface area contributed by atoms with Gasteiger partial charge in [0.25, 0.3) is 0 Å². The third kappa shape index (κ3) is 4.57. The van der Waals surface area contributed by atoms with Gasteiger partial charge >= 0.3 is 0 Å². The summed E-state index contributed by atoms with van der Waals surface area (Å²) in [6.45, 7) is 11.3. The predicted molar refractivity (Wildman–Crippen MR) is 108 cm³/mol. The van der Waals surface area contributed by atoms with E-state index in [1.165, 1.54) is 23.4 Å². The minimum atomic E-state index is -3.64. The van der Waals surface area contributed by atoms with Crippen LogP contribution in [0.25, 0.3) is 0 Å². The summed E-state index contributed by atoms with van der Waals surface area (Å²) in [6, 6.07) is 6.11. The number of sulfonamides is 1. The molecule has 0 bridgehead atoms. The first-order valence-electron chi connectivity index (χ1n) is 9.69. The number of hydrogen-bond donors (Lipinski definition) is 0. The van der Waals surface area contributed by atoms with E-state index in [4.69, 9.17) is 4.52 Å². The van der Waals surface area contributed by atoms with Gasteiger partial charge in [-0.05, 0) is 26.0 Å². The second kappa shape index (κ2) is 7.97. The van der Waals surface area contributed by atoms with Gasteiger partial charge in [0.2, 0.25) is 15.9 Å². The van der Waals surface area contributed by atoms with Crippen molar-refractivity contribution in [1.82, 2.24) is 19.3 Å². The Morgan fingerprint density at radius 2 is 1.83 bits per heavy atom. The highest BCUT2D eigenvalue weighted by Crippen LogP contribution is 2.26. The standard InChI is InChI=1S/C20H28N4O4S/c1-14(18-21-19(22-28-18)20(3,4)5)23-9-11-24(12-10-23)29(26,27)17-8-6-7-16(13-17)15(2)25/h6-8,13-14H,9-12H2,1-5H3/t14-/m0/s1. The molecule has 0 N–H and O–H groups in total. The van der Waals surface area contributed by atoms with Crippen LogP contribution in [0.15, 0.2) is 33.7 Å². The summed E-state index contributed by atoms with van der Waals surface area (Å²) < 4.78 is 32.9. The summed E-state index contributed by atoms with van der Waals surface area (Å²) in [5.74, 6) is 1.04. The quantitative estimate of drug-likeness (QED) is 0.686. The maximum absolute atomic E-state index is 13.0. The van der Waals surface area contributed by atoms with Crippen molar-refractivity contribution in [2.24, 2.45) is 0 Å². The molecule has 29 heavy (non-hydrogen) atoms. The van der Waals surface area contributed by atoms with E-state index in [1.807, 2.05) is 27.7 Å². The zero-order valence-corrected chi connectivity index (χ0v) is 18.4. The lowest BCUT2D eigenvalue weighted by Gasteiger charge is -2.36. The average molecular weight is 421 g/mol. The van der Waals surface area contributed by atoms with Crippen LogP contribution in [-0.4, -0.2) is 59.7 Å². The van der Waals surface area contributed by atoms with Crippen LogP contribution < -0.4 is 0 Å². The Hall–Kier alpha value is -2.10. The number of ketones is 1. The fraction of sp³-hybridized carbons (Fsp3) is 0.550. The van der Waals surface area contributed by atoms with Crippen LogP contribution in [0.3, 0.4) is 0 Å². The van der Waals surface area contributed by atoms with Gasteiger partial charge in [0.1, 0.15) is 0 Å². The molecule has 158 valence electrons. The zero-order valence-electron chi connectivity index (χ0n) is 17.5. The fourth-order valence-corrected chi connectivity index (χ4v) is 4.69. The zero-order chi connectivity index (χ0) is 21.4. The molecular weight excluding hydrogens is 392 g/mol. The molecule has 2 heterocycles. The Balaban J connectivity index is 1.69. The SMILES string of the molecule is CC(=O)c1cccc(S(=O)(=O)N2CCN([C@@H](C)c3nc(C(C)(C)C)no3)CC2)c1. The summed E-state index contributed by atoms with van der Waals surface area (Å²) in [4.78, 5) is 18.4. The number of benzene rings is 1. The molecule has 1 fully saturated rings. The molecule has 9 heteroatoms. The summed E-state index contributed by atoms with van der Waals surface area (Å²) in [5, 5.41) is 4.07. The lowest BCUT2D eigenvalue weighted by molar-refractivity contribution is 0.101. The molecule has 0 aliphatic carbocycles. The lowest BCUT2D eigenvalue weighted by atomic mass is 9.96. The number of hydrogen-bond acceptors (Lipinski definition) is 7. The van der Waals surface area contributed by atoms with E-state index in [0.29, 0.717) is 43.5 Å². The van der Waals surface area contributed by atoms with E-state index in [2.05, 4.69) is 15.0 Å². The number of piperazine rings is 1. The van der Waals surface area contributed by atoms with Crippen molar-refractivity contribution in [1.29, 1.82) is 0 Å². The normalized spacial score (nSPS) is 18.0. The molecule has 0 saturated carbocycles. The van der Waals surface area contributed by atoms with Gasteiger partial charge in [-0.2, -0.15) is 9.29 Å². The minimum absolute atomic E-state index is 0.0931. The number of Topliss-reactive ketones (excluding diaryl/α,β-unsaturated/α-hetero) is 1. The van der Waals surface area contributed by atoms with Crippen molar-refractivity contribution in [2.45, 2.75) is 51.0 Å². The van der Waals surface area contributed by atoms with Gasteiger partial charge in [-0.15, -0.1) is 0 Å². The van der Waals surface area contributed by atoms with Crippen molar-refractivity contribution >= 4 is 15.8 Å². The highest BCUT2D eigenvalue weighted by Gasteiger charge is 2.32. The van der Waals surface area contributed by atoms with E-state index in [9.17, 15) is 13.2 Å². The second-order valence-corrected chi connectivity index (χ2v) is 10.3. The molecule has 1 aromatic carbocycles. The summed E-state index contributed by atoms with van der Waals surface area (Å²) in [6.07, 6.45) is 0. The summed E-state index contributed by atoms with van der Waals surface area (Å²) in [7, 11) is -3.64. The maximum atomic E-state index is 13.0. The van der Waals surface area contributed by atoms with Crippen LogP contribution in [0.4, 0.5) is 0 Å². The number of rotatable bonds is 5. The third-order valence-corrected chi connectivity index (χ3v) is 7.06. The Bertz CT molecular complexity index is 986. The molecule has 3 rings (SSSR count). The number of nitrogens with zero attached hydrogens (tertiary/aromatic N) is 4. The molecule has 0 amide bonds. The van der Waals surface area contributed by atoms with Crippen LogP contribution >= 0.6 is 0 Å². The fourth-order valence-electron chi connectivity index (χ4n) is 3.22. The molecule has 2 aromatic rings. The Morgan fingerprint density at radius 3 is 2.38 bits per heavy atom. The van der Waals surface area contributed by atoms with Gasteiger partial charge in [-0.25, -0.2) is 8.42 Å². The average Bonchev–Trinajstić information content (AvgIpc) is 3.18. The first-order valence-corrected chi connectivity index (χ1v) is 11.1. The number of carbonyl (C=O) groups is 1. The summed E-state index contributed by atoms with van der Waals surface area (Å²) in [5.41, 5.74) is 0.201. The van der Waals surface area contributed by atoms with Crippen LogP contribution in [0.5, 0.6) is 0 Å². The molecule has 1 aliphatic heterocycles. The van der Waals surface area contributed by atoms with Crippen LogP contribution in [0, 0.1) is 0 Å². The number of carbonyl (C=O) groups excluding carboxylic acids is 1. The molecule has 0 radical (unpaired) electrons. The Kier molecular flexibility index (Phi) is 5.93. The van der Waals surface area contributed by atoms with Gasteiger partial charge in [0.05, 0.1) is 10.9 Å². The Morgan fingerprint density at radius 1 is 1.17 bits per heavy atom. The molecule has 8 nitrogen and oxygen atoms in total. The van der Waals surface area contributed by atoms with E-state index < -0.39 is 10.0 Å². The van der Waals surface area contributed by atoms with Gasteiger partial charge in [-0.3, -0.25) is 9.69 Å². The largest absolute Gasteiger partial charge is 0.338 e. The van der Waals surface area contributed by atoms with Gasteiger partial charge < -0.3 is 4.52 Å². The first kappa shape index (κ1) is 21.6. The van der Waals surface area contributed by atoms with Crippen LogP contribution in [0.2, 0.25) is 0 Å². The second-order valence-electron chi connectivity index (χ2n) is 8.41. The van der Waals surface area contributed by atoms with Gasteiger partial charge in [-0.1, -0.05) is 38.1 Å². The Labute approximate surface area is 171 Å². The van der Waals surface area contributed by atoms with Crippen LogP contribution in [0.1, 0.15) is 62.7 Å². The van der Waals surface area contributed by atoms with E-state index >= 15 is 0 Å². The number of aromatic nitrogens is 2. The van der Waals surface area contributed by atoms with E-state index in [0.717, 1.165) is 0 Å². The molecule has 0 unspecified atom stereocenters. The van der Waals surface area contributed by atoms with Crippen LogP contribution in [-0.2, 0) is 15.4 Å². The maximum Gasteiger partial charge on any atom is 0.243 e.